The fourth-order valence-electron chi connectivity index (χ4n) is 3.11. The molecule has 1 aromatic carbocycles. The summed E-state index contributed by atoms with van der Waals surface area (Å²) in [7, 11) is -0.389. The summed E-state index contributed by atoms with van der Waals surface area (Å²) in [6.45, 7) is 10.7. The number of thiazole rings is 1. The van der Waals surface area contributed by atoms with Gasteiger partial charge in [0.1, 0.15) is 0 Å². The summed E-state index contributed by atoms with van der Waals surface area (Å²) in [4.78, 5) is 14.2. The highest BCUT2D eigenvalue weighted by molar-refractivity contribution is 7.16. The smallest absolute Gasteiger partial charge is 0.399 e. The van der Waals surface area contributed by atoms with E-state index in [1.165, 1.54) is 11.3 Å². The lowest BCUT2D eigenvalue weighted by molar-refractivity contribution is -0.0239. The number of benzene rings is 1. The summed E-state index contributed by atoms with van der Waals surface area (Å²) in [5, 5.41) is 0. The van der Waals surface area contributed by atoms with Crippen LogP contribution in [-0.2, 0) is 9.31 Å². The summed E-state index contributed by atoms with van der Waals surface area (Å²) in [6, 6.07) is 5.87. The van der Waals surface area contributed by atoms with Crippen LogP contribution in [0.2, 0.25) is 0 Å². The SMILES string of the molecule is CC(C)CC1(C)OB(c2ccc3[nH]c(=O)sc3c2)OC1(C)C. The molecule has 0 spiro atoms. The second-order valence-electron chi connectivity index (χ2n) is 7.18. The number of aromatic nitrogens is 1. The van der Waals surface area contributed by atoms with Crippen molar-refractivity contribution in [2.75, 3.05) is 0 Å². The number of H-pyrrole nitrogens is 1. The van der Waals surface area contributed by atoms with Crippen LogP contribution in [0, 0.1) is 5.92 Å². The van der Waals surface area contributed by atoms with Crippen molar-refractivity contribution in [2.45, 2.75) is 52.2 Å². The third-order valence-corrected chi connectivity index (χ3v) is 5.40. The van der Waals surface area contributed by atoms with Crippen molar-refractivity contribution >= 4 is 34.1 Å². The van der Waals surface area contributed by atoms with Crippen LogP contribution in [0.25, 0.3) is 10.2 Å². The molecule has 1 aliphatic rings. The van der Waals surface area contributed by atoms with Gasteiger partial charge >= 0.3 is 12.0 Å². The van der Waals surface area contributed by atoms with Crippen molar-refractivity contribution in [3.8, 4) is 0 Å². The number of fused-ring (bicyclic) bond motifs is 1. The van der Waals surface area contributed by atoms with E-state index < -0.39 is 0 Å². The maximum absolute atomic E-state index is 11.4. The molecule has 1 atom stereocenters. The van der Waals surface area contributed by atoms with Crippen molar-refractivity contribution in [3.05, 3.63) is 27.9 Å². The molecule has 4 nitrogen and oxygen atoms in total. The fourth-order valence-corrected chi connectivity index (χ4v) is 3.90. The van der Waals surface area contributed by atoms with Crippen molar-refractivity contribution < 1.29 is 9.31 Å². The van der Waals surface area contributed by atoms with Gasteiger partial charge in [-0.25, -0.2) is 0 Å². The molecule has 1 aromatic heterocycles. The van der Waals surface area contributed by atoms with E-state index in [1.807, 2.05) is 18.2 Å². The van der Waals surface area contributed by atoms with Crippen LogP contribution in [0.5, 0.6) is 0 Å². The fraction of sp³-hybridized carbons (Fsp3) is 0.562. The lowest BCUT2D eigenvalue weighted by Crippen LogP contribution is -2.45. The number of hydrogen-bond acceptors (Lipinski definition) is 4. The van der Waals surface area contributed by atoms with Gasteiger partial charge in [-0.2, -0.15) is 0 Å². The minimum Gasteiger partial charge on any atom is -0.399 e. The minimum atomic E-state index is -0.389. The Morgan fingerprint density at radius 1 is 1.27 bits per heavy atom. The van der Waals surface area contributed by atoms with E-state index in [2.05, 4.69) is 39.6 Å². The summed E-state index contributed by atoms with van der Waals surface area (Å²) in [5.74, 6) is 0.532. The van der Waals surface area contributed by atoms with Crippen molar-refractivity contribution in [3.63, 3.8) is 0 Å². The molecule has 1 unspecified atom stereocenters. The number of aromatic amines is 1. The predicted molar refractivity (Wildman–Crippen MR) is 91.9 cm³/mol. The summed E-state index contributed by atoms with van der Waals surface area (Å²) >= 11 is 1.21. The molecule has 1 saturated heterocycles. The van der Waals surface area contributed by atoms with Gasteiger partial charge in [0, 0.05) is 0 Å². The molecular formula is C16H22BNO3S. The van der Waals surface area contributed by atoms with Gasteiger partial charge in [-0.1, -0.05) is 31.3 Å². The maximum Gasteiger partial charge on any atom is 0.494 e. The molecule has 1 aliphatic heterocycles. The Kier molecular flexibility index (Phi) is 3.74. The maximum atomic E-state index is 11.4. The summed E-state index contributed by atoms with van der Waals surface area (Å²) in [6.07, 6.45) is 0.941. The standard InChI is InChI=1S/C16H22BNO3S/c1-10(2)9-16(5)15(3,4)20-17(21-16)11-6-7-12-13(8-11)22-14(19)18-12/h6-8,10H,9H2,1-5H3,(H,18,19). The monoisotopic (exact) mass is 319 g/mol. The Bertz CT molecular complexity index is 751. The molecule has 0 radical (unpaired) electrons. The third kappa shape index (κ3) is 2.64. The molecule has 118 valence electrons. The van der Waals surface area contributed by atoms with Crippen LogP contribution in [0.4, 0.5) is 0 Å². The van der Waals surface area contributed by atoms with Crippen LogP contribution in [0.1, 0.15) is 41.0 Å². The number of hydrogen-bond donors (Lipinski definition) is 1. The molecule has 2 heterocycles. The van der Waals surface area contributed by atoms with E-state index >= 15 is 0 Å². The molecule has 1 fully saturated rings. The van der Waals surface area contributed by atoms with Gasteiger partial charge < -0.3 is 14.3 Å². The van der Waals surface area contributed by atoms with Gasteiger partial charge in [0.25, 0.3) is 0 Å². The van der Waals surface area contributed by atoms with Gasteiger partial charge in [0.15, 0.2) is 0 Å². The first kappa shape index (κ1) is 15.8. The highest BCUT2D eigenvalue weighted by Crippen LogP contribution is 2.41. The minimum absolute atomic E-state index is 0.0367. The molecule has 6 heteroatoms. The van der Waals surface area contributed by atoms with E-state index in [1.54, 1.807) is 0 Å². The first-order valence-corrected chi connectivity index (χ1v) is 8.50. The zero-order chi connectivity index (χ0) is 16.1. The zero-order valence-corrected chi connectivity index (χ0v) is 14.5. The molecule has 0 bridgehead atoms. The van der Waals surface area contributed by atoms with E-state index in [0.29, 0.717) is 5.92 Å². The van der Waals surface area contributed by atoms with Crippen LogP contribution in [0.15, 0.2) is 23.0 Å². The van der Waals surface area contributed by atoms with Gasteiger partial charge in [0.2, 0.25) is 0 Å². The highest BCUT2D eigenvalue weighted by Gasteiger charge is 2.54. The molecule has 3 rings (SSSR count). The Morgan fingerprint density at radius 2 is 2.00 bits per heavy atom. The molecule has 1 N–H and O–H groups in total. The van der Waals surface area contributed by atoms with Crippen molar-refractivity contribution in [1.82, 2.24) is 4.98 Å². The van der Waals surface area contributed by atoms with Crippen LogP contribution in [-0.4, -0.2) is 23.3 Å². The van der Waals surface area contributed by atoms with Crippen LogP contribution in [0.3, 0.4) is 0 Å². The quantitative estimate of drug-likeness (QED) is 0.885. The average Bonchev–Trinajstić information content (AvgIpc) is 2.85. The first-order valence-electron chi connectivity index (χ1n) is 7.69. The first-order chi connectivity index (χ1) is 10.2. The van der Waals surface area contributed by atoms with Crippen LogP contribution >= 0.6 is 11.3 Å². The zero-order valence-electron chi connectivity index (χ0n) is 13.7. The topological polar surface area (TPSA) is 51.3 Å². The van der Waals surface area contributed by atoms with Gasteiger partial charge in [-0.3, -0.25) is 4.79 Å². The molecule has 0 aliphatic carbocycles. The van der Waals surface area contributed by atoms with Gasteiger partial charge in [-0.05, 0) is 50.7 Å². The third-order valence-electron chi connectivity index (χ3n) is 4.56. The van der Waals surface area contributed by atoms with E-state index in [-0.39, 0.29) is 23.2 Å². The van der Waals surface area contributed by atoms with Crippen LogP contribution < -0.4 is 10.3 Å². The summed E-state index contributed by atoms with van der Waals surface area (Å²) < 4.78 is 13.4. The predicted octanol–water partition coefficient (Wildman–Crippen LogP) is 2.92. The van der Waals surface area contributed by atoms with Crippen molar-refractivity contribution in [2.24, 2.45) is 5.92 Å². The van der Waals surface area contributed by atoms with Gasteiger partial charge in [0.05, 0.1) is 21.4 Å². The van der Waals surface area contributed by atoms with E-state index in [9.17, 15) is 4.79 Å². The molecule has 0 amide bonds. The normalized spacial score (nSPS) is 24.5. The number of nitrogens with one attached hydrogen (secondary N) is 1. The lowest BCUT2D eigenvalue weighted by Gasteiger charge is -2.37. The largest absolute Gasteiger partial charge is 0.494 e. The Hall–Kier alpha value is -1.11. The molecule has 0 saturated carbocycles. The summed E-state index contributed by atoms with van der Waals surface area (Å²) in [5.41, 5.74) is 1.14. The second kappa shape index (κ2) is 5.22. The average molecular weight is 319 g/mol. The second-order valence-corrected chi connectivity index (χ2v) is 8.19. The molecular weight excluding hydrogens is 297 g/mol. The Morgan fingerprint density at radius 3 is 2.68 bits per heavy atom. The van der Waals surface area contributed by atoms with E-state index in [0.717, 1.165) is 22.1 Å². The molecule has 2 aromatic rings. The lowest BCUT2D eigenvalue weighted by atomic mass is 9.79. The van der Waals surface area contributed by atoms with Gasteiger partial charge in [-0.15, -0.1) is 0 Å². The Labute approximate surface area is 135 Å². The Balaban J connectivity index is 1.93. The number of rotatable bonds is 3. The highest BCUT2D eigenvalue weighted by atomic mass is 32.1. The van der Waals surface area contributed by atoms with Crippen molar-refractivity contribution in [1.29, 1.82) is 0 Å². The molecule has 22 heavy (non-hydrogen) atoms. The van der Waals surface area contributed by atoms with E-state index in [4.69, 9.17) is 9.31 Å².